The van der Waals surface area contributed by atoms with E-state index in [0.29, 0.717) is 0 Å². The highest BCUT2D eigenvalue weighted by Crippen LogP contribution is 2.41. The molecule has 8 heteroatoms. The first-order valence-electron chi connectivity index (χ1n) is 4.39. The van der Waals surface area contributed by atoms with E-state index in [1.165, 1.54) is 0 Å². The molecule has 0 N–H and O–H groups in total. The summed E-state index contributed by atoms with van der Waals surface area (Å²) in [6.07, 6.45) is 0. The number of rotatable bonds is 2. The van der Waals surface area contributed by atoms with Gasteiger partial charge in [-0.2, -0.15) is 18.4 Å². The Morgan fingerprint density at radius 3 is 2.56 bits per heavy atom. The van der Waals surface area contributed by atoms with Gasteiger partial charge in [-0.25, -0.2) is 4.79 Å². The van der Waals surface area contributed by atoms with Gasteiger partial charge in [-0.3, -0.25) is 0 Å². The number of hydrogen-bond acceptors (Lipinski definition) is 5. The largest absolute Gasteiger partial charge is 0.465 e. The Morgan fingerprint density at radius 2 is 2.11 bits per heavy atom. The molecule has 0 fully saturated rings. The minimum atomic E-state index is -4.60. The number of benzene rings is 1. The van der Waals surface area contributed by atoms with Gasteiger partial charge in [0.15, 0.2) is 0 Å². The monoisotopic (exact) mass is 293 g/mol. The summed E-state index contributed by atoms with van der Waals surface area (Å²) in [6, 6.07) is 3.89. The molecule has 0 saturated carbocycles. The number of carbonyl (C=O) groups excluding carboxylic acids is 1. The third-order valence-corrected chi connectivity index (χ3v) is 2.95. The molecule has 0 aliphatic carbocycles. The normalized spacial score (nSPS) is 10.9. The zero-order valence-corrected chi connectivity index (χ0v) is 10.6. The van der Waals surface area contributed by atoms with Gasteiger partial charge in [0.05, 0.1) is 18.2 Å². The van der Waals surface area contributed by atoms with Crippen LogP contribution in [0.2, 0.25) is 0 Å². The Kier molecular flexibility index (Phi) is 4.53. The van der Waals surface area contributed by atoms with Crippen molar-refractivity contribution in [1.29, 1.82) is 5.26 Å². The fraction of sp³-hybridized carbons (Fsp3) is 0.200. The molecular weight excluding hydrogens is 287 g/mol. The maximum atomic E-state index is 12.4. The van der Waals surface area contributed by atoms with E-state index in [1.54, 1.807) is 6.07 Å². The summed E-state index contributed by atoms with van der Waals surface area (Å²) in [7, 11) is 1.04. The number of thiol groups is 1. The molecule has 0 aliphatic heterocycles. The number of halogens is 3. The van der Waals surface area contributed by atoms with E-state index < -0.39 is 28.1 Å². The molecule has 3 nitrogen and oxygen atoms in total. The summed E-state index contributed by atoms with van der Waals surface area (Å²) in [5, 5.41) is 8.80. The lowest BCUT2D eigenvalue weighted by Crippen LogP contribution is -2.08. The molecule has 0 atom stereocenters. The van der Waals surface area contributed by atoms with Crippen LogP contribution in [0.5, 0.6) is 0 Å². The van der Waals surface area contributed by atoms with Gasteiger partial charge < -0.3 is 4.74 Å². The highest BCUT2D eigenvalue weighted by atomic mass is 32.2. The predicted molar refractivity (Wildman–Crippen MR) is 61.7 cm³/mol. The van der Waals surface area contributed by atoms with Gasteiger partial charge in [0, 0.05) is 9.79 Å². The van der Waals surface area contributed by atoms with Gasteiger partial charge in [-0.1, -0.05) is 0 Å². The third-order valence-electron chi connectivity index (χ3n) is 1.82. The van der Waals surface area contributed by atoms with Crippen molar-refractivity contribution in [3.8, 4) is 6.07 Å². The van der Waals surface area contributed by atoms with Gasteiger partial charge in [-0.05, 0) is 23.9 Å². The lowest BCUT2D eigenvalue weighted by Gasteiger charge is -2.12. The van der Waals surface area contributed by atoms with Crippen LogP contribution in [0.25, 0.3) is 0 Å². The number of carbonyl (C=O) groups is 1. The molecule has 1 aromatic carbocycles. The van der Waals surface area contributed by atoms with Crippen LogP contribution in [-0.2, 0) is 4.74 Å². The molecule has 0 saturated heterocycles. The first-order valence-corrected chi connectivity index (χ1v) is 5.66. The predicted octanol–water partition coefficient (Wildman–Crippen LogP) is 3.25. The molecule has 0 bridgehead atoms. The first-order chi connectivity index (χ1) is 8.28. The van der Waals surface area contributed by atoms with Gasteiger partial charge in [0.2, 0.25) is 0 Å². The number of nitrogens with zero attached hydrogens (tertiary/aromatic N) is 1. The van der Waals surface area contributed by atoms with Crippen molar-refractivity contribution in [2.24, 2.45) is 0 Å². The lowest BCUT2D eigenvalue weighted by atomic mass is 10.1. The number of methoxy groups -OCH3 is 1. The van der Waals surface area contributed by atoms with Crippen LogP contribution in [0.4, 0.5) is 13.2 Å². The number of nitriles is 1. The van der Waals surface area contributed by atoms with E-state index in [-0.39, 0.29) is 16.0 Å². The summed E-state index contributed by atoms with van der Waals surface area (Å²) in [5.41, 5.74) is -5.21. The molecular formula is C10H6F3NO2S2. The SMILES string of the molecule is COC(=O)c1cc(S)cc(C#N)c1SC(F)(F)F. The van der Waals surface area contributed by atoms with Crippen LogP contribution < -0.4 is 0 Å². The van der Waals surface area contributed by atoms with Crippen molar-refractivity contribution in [3.05, 3.63) is 23.3 Å². The van der Waals surface area contributed by atoms with E-state index in [1.807, 2.05) is 0 Å². The molecule has 0 heterocycles. The lowest BCUT2D eigenvalue weighted by molar-refractivity contribution is -0.0328. The third kappa shape index (κ3) is 3.58. The maximum Gasteiger partial charge on any atom is 0.446 e. The molecule has 0 amide bonds. The van der Waals surface area contributed by atoms with Gasteiger partial charge in [0.1, 0.15) is 6.07 Å². The van der Waals surface area contributed by atoms with Crippen molar-refractivity contribution in [2.45, 2.75) is 15.3 Å². The maximum absolute atomic E-state index is 12.4. The van der Waals surface area contributed by atoms with Crippen molar-refractivity contribution >= 4 is 30.4 Å². The van der Waals surface area contributed by atoms with Crippen LogP contribution in [0.1, 0.15) is 15.9 Å². The number of ether oxygens (including phenoxy) is 1. The Morgan fingerprint density at radius 1 is 1.50 bits per heavy atom. The van der Waals surface area contributed by atoms with Crippen LogP contribution >= 0.6 is 24.4 Å². The minimum Gasteiger partial charge on any atom is -0.465 e. The fourth-order valence-electron chi connectivity index (χ4n) is 1.18. The van der Waals surface area contributed by atoms with Crippen molar-refractivity contribution in [2.75, 3.05) is 7.11 Å². The molecule has 0 spiro atoms. The van der Waals surface area contributed by atoms with E-state index in [4.69, 9.17) is 5.26 Å². The molecule has 1 aromatic rings. The summed E-state index contributed by atoms with van der Waals surface area (Å²) in [5.74, 6) is -0.950. The molecule has 18 heavy (non-hydrogen) atoms. The second-order valence-electron chi connectivity index (χ2n) is 3.02. The molecule has 0 unspecified atom stereocenters. The standard InChI is InChI=1S/C10H6F3NO2S2/c1-16-9(15)7-3-6(17)2-5(4-14)8(7)18-10(11,12)13/h2-3,17H,1H3. The Hall–Kier alpha value is -1.33. The molecule has 0 radical (unpaired) electrons. The van der Waals surface area contributed by atoms with Crippen molar-refractivity contribution in [1.82, 2.24) is 0 Å². The Labute approximate surface area is 110 Å². The average Bonchev–Trinajstić information content (AvgIpc) is 2.28. The van der Waals surface area contributed by atoms with Crippen LogP contribution in [-0.4, -0.2) is 18.6 Å². The van der Waals surface area contributed by atoms with Crippen molar-refractivity contribution in [3.63, 3.8) is 0 Å². The van der Waals surface area contributed by atoms with Crippen LogP contribution in [0.15, 0.2) is 21.9 Å². The first kappa shape index (κ1) is 14.7. The van der Waals surface area contributed by atoms with E-state index >= 15 is 0 Å². The molecule has 0 aliphatic rings. The number of hydrogen-bond donors (Lipinski definition) is 1. The zero-order chi connectivity index (χ0) is 13.9. The summed E-state index contributed by atoms with van der Waals surface area (Å²) >= 11 is 3.39. The quantitative estimate of drug-likeness (QED) is 0.516. The number of alkyl halides is 3. The minimum absolute atomic E-state index is 0.207. The smallest absolute Gasteiger partial charge is 0.446 e. The Balaban J connectivity index is 3.44. The topological polar surface area (TPSA) is 50.1 Å². The van der Waals surface area contributed by atoms with E-state index in [9.17, 15) is 18.0 Å². The van der Waals surface area contributed by atoms with E-state index in [2.05, 4.69) is 17.4 Å². The highest BCUT2D eigenvalue weighted by molar-refractivity contribution is 8.00. The molecule has 96 valence electrons. The molecule has 1 rings (SSSR count). The second kappa shape index (κ2) is 5.54. The van der Waals surface area contributed by atoms with Gasteiger partial charge in [0.25, 0.3) is 0 Å². The number of esters is 1. The second-order valence-corrected chi connectivity index (χ2v) is 4.61. The van der Waals surface area contributed by atoms with Crippen LogP contribution in [0, 0.1) is 11.3 Å². The fourth-order valence-corrected chi connectivity index (χ4v) is 2.14. The highest BCUT2D eigenvalue weighted by Gasteiger charge is 2.33. The van der Waals surface area contributed by atoms with Gasteiger partial charge >= 0.3 is 11.5 Å². The van der Waals surface area contributed by atoms with Crippen molar-refractivity contribution < 1.29 is 22.7 Å². The van der Waals surface area contributed by atoms with Crippen LogP contribution in [0.3, 0.4) is 0 Å². The average molecular weight is 293 g/mol. The summed E-state index contributed by atoms with van der Waals surface area (Å²) < 4.78 is 41.5. The summed E-state index contributed by atoms with van der Waals surface area (Å²) in [6.45, 7) is 0. The number of thioether (sulfide) groups is 1. The van der Waals surface area contributed by atoms with E-state index in [0.717, 1.165) is 19.2 Å². The molecule has 0 aromatic heterocycles. The van der Waals surface area contributed by atoms with Gasteiger partial charge in [-0.15, -0.1) is 12.6 Å². The summed E-state index contributed by atoms with van der Waals surface area (Å²) in [4.78, 5) is 11.1. The zero-order valence-electron chi connectivity index (χ0n) is 8.91. The Bertz CT molecular complexity index is 523.